The standard InChI is InChI=1S/C12H14BrNO2S/c1-16-8-9-4-6-14(7-5-9)12(15)10-2-3-11(13)17-10/h2-4H,5-8H2,1H3. The van der Waals surface area contributed by atoms with Crippen molar-refractivity contribution in [3.63, 3.8) is 0 Å². The van der Waals surface area contributed by atoms with E-state index in [-0.39, 0.29) is 5.91 Å². The number of nitrogens with zero attached hydrogens (tertiary/aromatic N) is 1. The molecule has 0 spiro atoms. The van der Waals surface area contributed by atoms with Crippen LogP contribution in [0.1, 0.15) is 16.1 Å². The van der Waals surface area contributed by atoms with Crippen LogP contribution in [0.25, 0.3) is 0 Å². The van der Waals surface area contributed by atoms with Crippen LogP contribution in [0.3, 0.4) is 0 Å². The lowest BCUT2D eigenvalue weighted by atomic mass is 10.1. The first-order valence-corrected chi connectivity index (χ1v) is 7.03. The third-order valence-electron chi connectivity index (χ3n) is 2.70. The maximum atomic E-state index is 12.1. The highest BCUT2D eigenvalue weighted by Gasteiger charge is 2.19. The van der Waals surface area contributed by atoms with E-state index in [4.69, 9.17) is 4.74 Å². The molecule has 1 aliphatic heterocycles. The van der Waals surface area contributed by atoms with Gasteiger partial charge in [0.15, 0.2) is 0 Å². The van der Waals surface area contributed by atoms with Crippen LogP contribution in [-0.2, 0) is 4.74 Å². The minimum atomic E-state index is 0.119. The number of hydrogen-bond acceptors (Lipinski definition) is 3. The lowest BCUT2D eigenvalue weighted by Gasteiger charge is -2.25. The first-order valence-electron chi connectivity index (χ1n) is 5.42. The van der Waals surface area contributed by atoms with E-state index in [0.29, 0.717) is 13.2 Å². The number of hydrogen-bond donors (Lipinski definition) is 0. The number of rotatable bonds is 3. The lowest BCUT2D eigenvalue weighted by Crippen LogP contribution is -2.34. The zero-order valence-corrected chi connectivity index (χ0v) is 12.0. The molecule has 2 rings (SSSR count). The highest BCUT2D eigenvalue weighted by molar-refractivity contribution is 9.11. The van der Waals surface area contributed by atoms with Gasteiger partial charge in [0.05, 0.1) is 15.3 Å². The zero-order chi connectivity index (χ0) is 12.3. The Morgan fingerprint density at radius 1 is 1.59 bits per heavy atom. The van der Waals surface area contributed by atoms with E-state index in [1.807, 2.05) is 17.0 Å². The quantitative estimate of drug-likeness (QED) is 0.803. The van der Waals surface area contributed by atoms with E-state index < -0.39 is 0 Å². The van der Waals surface area contributed by atoms with Crippen LogP contribution < -0.4 is 0 Å². The number of halogens is 1. The normalized spacial score (nSPS) is 15.9. The molecule has 1 aromatic heterocycles. The molecule has 0 bridgehead atoms. The Bertz CT molecular complexity index is 441. The van der Waals surface area contributed by atoms with Gasteiger partial charge < -0.3 is 9.64 Å². The SMILES string of the molecule is COCC1=CCN(C(=O)c2ccc(Br)s2)CC1. The monoisotopic (exact) mass is 315 g/mol. The second-order valence-electron chi connectivity index (χ2n) is 3.90. The average molecular weight is 316 g/mol. The van der Waals surface area contributed by atoms with Crippen molar-refractivity contribution in [2.45, 2.75) is 6.42 Å². The average Bonchev–Trinajstić information content (AvgIpc) is 2.76. The van der Waals surface area contributed by atoms with Crippen LogP contribution in [0, 0.1) is 0 Å². The number of carbonyl (C=O) groups excluding carboxylic acids is 1. The fourth-order valence-corrected chi connectivity index (χ4v) is 3.15. The van der Waals surface area contributed by atoms with Crippen molar-refractivity contribution >= 4 is 33.2 Å². The van der Waals surface area contributed by atoms with E-state index in [9.17, 15) is 4.79 Å². The Kier molecular flexibility index (Phi) is 4.36. The minimum Gasteiger partial charge on any atom is -0.380 e. The molecule has 0 unspecified atom stereocenters. The number of amides is 1. The van der Waals surface area contributed by atoms with Gasteiger partial charge in [-0.25, -0.2) is 0 Å². The maximum Gasteiger partial charge on any atom is 0.264 e. The molecule has 1 aromatic rings. The van der Waals surface area contributed by atoms with Gasteiger partial charge in [0.1, 0.15) is 0 Å². The number of ether oxygens (including phenoxy) is 1. The predicted molar refractivity (Wildman–Crippen MR) is 72.5 cm³/mol. The first-order chi connectivity index (χ1) is 8.20. The molecule has 5 heteroatoms. The zero-order valence-electron chi connectivity index (χ0n) is 9.61. The third-order valence-corrected chi connectivity index (χ3v) is 4.32. The van der Waals surface area contributed by atoms with Crippen molar-refractivity contribution < 1.29 is 9.53 Å². The number of methoxy groups -OCH3 is 1. The van der Waals surface area contributed by atoms with Crippen molar-refractivity contribution in [3.05, 3.63) is 32.4 Å². The molecule has 0 radical (unpaired) electrons. The molecule has 92 valence electrons. The van der Waals surface area contributed by atoms with E-state index in [0.717, 1.165) is 21.6 Å². The molecule has 0 atom stereocenters. The van der Waals surface area contributed by atoms with Crippen molar-refractivity contribution in [1.29, 1.82) is 0 Å². The summed E-state index contributed by atoms with van der Waals surface area (Å²) in [6.07, 6.45) is 3.00. The molecule has 0 aromatic carbocycles. The van der Waals surface area contributed by atoms with Crippen LogP contribution in [0.15, 0.2) is 27.6 Å². The van der Waals surface area contributed by atoms with Crippen LogP contribution in [0.2, 0.25) is 0 Å². The summed E-state index contributed by atoms with van der Waals surface area (Å²) in [5.41, 5.74) is 1.28. The molecule has 17 heavy (non-hydrogen) atoms. The van der Waals surface area contributed by atoms with E-state index in [1.165, 1.54) is 16.9 Å². The van der Waals surface area contributed by atoms with Gasteiger partial charge in [0.25, 0.3) is 5.91 Å². The highest BCUT2D eigenvalue weighted by atomic mass is 79.9. The Morgan fingerprint density at radius 2 is 2.41 bits per heavy atom. The van der Waals surface area contributed by atoms with Crippen LogP contribution in [0.5, 0.6) is 0 Å². The van der Waals surface area contributed by atoms with Gasteiger partial charge in [-0.1, -0.05) is 6.08 Å². The summed E-state index contributed by atoms with van der Waals surface area (Å²) in [4.78, 5) is 14.8. The fraction of sp³-hybridized carbons (Fsp3) is 0.417. The second-order valence-corrected chi connectivity index (χ2v) is 6.36. The van der Waals surface area contributed by atoms with Crippen LogP contribution in [-0.4, -0.2) is 37.6 Å². The van der Waals surface area contributed by atoms with Crippen molar-refractivity contribution in [2.75, 3.05) is 26.8 Å². The maximum absolute atomic E-state index is 12.1. The van der Waals surface area contributed by atoms with E-state index in [1.54, 1.807) is 7.11 Å². The topological polar surface area (TPSA) is 29.5 Å². The van der Waals surface area contributed by atoms with E-state index >= 15 is 0 Å². The van der Waals surface area contributed by atoms with Gasteiger partial charge >= 0.3 is 0 Å². The Hall–Kier alpha value is -0.650. The van der Waals surface area contributed by atoms with Crippen molar-refractivity contribution in [2.24, 2.45) is 0 Å². The molecule has 3 nitrogen and oxygen atoms in total. The predicted octanol–water partition coefficient (Wildman–Crippen LogP) is 2.93. The molecule has 1 aliphatic rings. The molecular weight excluding hydrogens is 302 g/mol. The highest BCUT2D eigenvalue weighted by Crippen LogP contribution is 2.24. The first kappa shape index (κ1) is 12.8. The van der Waals surface area contributed by atoms with Gasteiger partial charge in [-0.2, -0.15) is 0 Å². The lowest BCUT2D eigenvalue weighted by molar-refractivity contribution is 0.0770. The summed E-state index contributed by atoms with van der Waals surface area (Å²) in [7, 11) is 1.70. The molecular formula is C12H14BrNO2S. The summed E-state index contributed by atoms with van der Waals surface area (Å²) in [5, 5.41) is 0. The summed E-state index contributed by atoms with van der Waals surface area (Å²) >= 11 is 4.85. The van der Waals surface area contributed by atoms with Gasteiger partial charge in [-0.3, -0.25) is 4.79 Å². The Balaban J connectivity index is 1.99. The summed E-state index contributed by atoms with van der Waals surface area (Å²) in [5.74, 6) is 0.119. The van der Waals surface area contributed by atoms with Gasteiger partial charge in [0, 0.05) is 20.2 Å². The van der Waals surface area contributed by atoms with Crippen LogP contribution >= 0.6 is 27.3 Å². The minimum absolute atomic E-state index is 0.119. The molecule has 0 N–H and O–H groups in total. The van der Waals surface area contributed by atoms with Crippen molar-refractivity contribution in [1.82, 2.24) is 4.90 Å². The smallest absolute Gasteiger partial charge is 0.264 e. The Morgan fingerprint density at radius 3 is 2.94 bits per heavy atom. The van der Waals surface area contributed by atoms with Gasteiger partial charge in [-0.15, -0.1) is 11.3 Å². The number of thiophene rings is 1. The summed E-state index contributed by atoms with van der Waals surface area (Å²) in [6, 6.07) is 3.78. The molecule has 0 saturated heterocycles. The molecule has 0 fully saturated rings. The summed E-state index contributed by atoms with van der Waals surface area (Å²) in [6.45, 7) is 2.14. The summed E-state index contributed by atoms with van der Waals surface area (Å²) < 4.78 is 6.08. The van der Waals surface area contributed by atoms with E-state index in [2.05, 4.69) is 22.0 Å². The Labute approximate surface area is 113 Å². The molecule has 0 saturated carbocycles. The molecule has 0 aliphatic carbocycles. The molecule has 2 heterocycles. The largest absolute Gasteiger partial charge is 0.380 e. The molecule has 1 amide bonds. The third kappa shape index (κ3) is 3.18. The van der Waals surface area contributed by atoms with Crippen molar-refractivity contribution in [3.8, 4) is 0 Å². The van der Waals surface area contributed by atoms with Gasteiger partial charge in [0.2, 0.25) is 0 Å². The van der Waals surface area contributed by atoms with Crippen LogP contribution in [0.4, 0.5) is 0 Å². The van der Waals surface area contributed by atoms with Gasteiger partial charge in [-0.05, 0) is 40.1 Å². The fourth-order valence-electron chi connectivity index (χ4n) is 1.80. The second kappa shape index (κ2) is 5.80. The number of carbonyl (C=O) groups is 1.